The summed E-state index contributed by atoms with van der Waals surface area (Å²) >= 11 is 0. The fraction of sp³-hybridized carbons (Fsp3) is 1.00. The molecular formula is C3H7Cl. The molecule has 0 amide bonds. The van der Waals surface area contributed by atoms with Gasteiger partial charge in [-0.05, 0) is 0 Å². The summed E-state index contributed by atoms with van der Waals surface area (Å²) in [4.78, 5) is 0. The molecule has 0 unspecified atom stereocenters. The maximum absolute atomic E-state index is 1.50. The molecule has 1 aliphatic rings. The van der Waals surface area contributed by atoms with Crippen LogP contribution in [0.1, 0.15) is 19.3 Å². The average Bonchev–Trinajstić information content (AvgIpc) is 1.46. The van der Waals surface area contributed by atoms with Gasteiger partial charge in [0.25, 0.3) is 0 Å². The molecular weight excluding hydrogens is 71.5 g/mol. The highest BCUT2D eigenvalue weighted by Gasteiger charge is 1.95. The van der Waals surface area contributed by atoms with Gasteiger partial charge in [-0.1, -0.05) is 19.3 Å². The zero-order valence-corrected chi connectivity index (χ0v) is 3.35. The van der Waals surface area contributed by atoms with Gasteiger partial charge in [0.2, 0.25) is 0 Å². The Hall–Kier alpha value is 0.290. The molecule has 0 atom stereocenters. The second-order valence-corrected chi connectivity index (χ2v) is 1.06. The third-order valence-electron chi connectivity index (χ3n) is 0.354. The molecule has 0 heterocycles. The molecule has 4 heavy (non-hydrogen) atoms. The third kappa shape index (κ3) is 2.29. The van der Waals surface area contributed by atoms with Crippen molar-refractivity contribution >= 4 is 12.4 Å². The van der Waals surface area contributed by atoms with Gasteiger partial charge in [0, 0.05) is 0 Å². The summed E-state index contributed by atoms with van der Waals surface area (Å²) in [6, 6.07) is 0. The second kappa shape index (κ2) is 1.59. The molecule has 1 heteroatoms. The van der Waals surface area contributed by atoms with Crippen LogP contribution < -0.4 is 0 Å². The zero-order valence-electron chi connectivity index (χ0n) is 2.53. The summed E-state index contributed by atoms with van der Waals surface area (Å²) in [5.41, 5.74) is 0. The SMILES string of the molecule is C1CC1.Cl. The fourth-order valence-corrected chi connectivity index (χ4v) is 0. The first-order valence-electron chi connectivity index (χ1n) is 1.50. The van der Waals surface area contributed by atoms with Crippen molar-refractivity contribution in [3.63, 3.8) is 0 Å². The molecule has 1 rings (SSSR count). The Balaban J connectivity index is 0.0000000900. The lowest BCUT2D eigenvalue weighted by Gasteiger charge is -1.05. The average molecular weight is 78.5 g/mol. The highest BCUT2D eigenvalue weighted by molar-refractivity contribution is 5.85. The van der Waals surface area contributed by atoms with Crippen molar-refractivity contribution in [2.24, 2.45) is 0 Å². The Morgan fingerprint density at radius 3 is 1.00 bits per heavy atom. The van der Waals surface area contributed by atoms with E-state index >= 15 is 0 Å². The first-order chi connectivity index (χ1) is 1.50. The van der Waals surface area contributed by atoms with Crippen LogP contribution in [0, 0.1) is 0 Å². The van der Waals surface area contributed by atoms with E-state index in [0.717, 1.165) is 0 Å². The van der Waals surface area contributed by atoms with E-state index in [0.29, 0.717) is 0 Å². The van der Waals surface area contributed by atoms with Gasteiger partial charge < -0.3 is 0 Å². The molecule has 0 N–H and O–H groups in total. The number of halogens is 1. The molecule has 1 aliphatic carbocycles. The predicted octanol–water partition coefficient (Wildman–Crippen LogP) is 1.59. The van der Waals surface area contributed by atoms with Crippen LogP contribution in [0.3, 0.4) is 0 Å². The minimum Gasteiger partial charge on any atom is -0.147 e. The summed E-state index contributed by atoms with van der Waals surface area (Å²) in [6.07, 6.45) is 4.50. The highest BCUT2D eigenvalue weighted by Crippen LogP contribution is 2.14. The van der Waals surface area contributed by atoms with E-state index < -0.39 is 0 Å². The van der Waals surface area contributed by atoms with Crippen LogP contribution in [-0.2, 0) is 0 Å². The fourth-order valence-electron chi connectivity index (χ4n) is 0. The molecule has 26 valence electrons. The van der Waals surface area contributed by atoms with Crippen molar-refractivity contribution in [2.45, 2.75) is 19.3 Å². The van der Waals surface area contributed by atoms with Crippen molar-refractivity contribution in [1.82, 2.24) is 0 Å². The van der Waals surface area contributed by atoms with Gasteiger partial charge >= 0.3 is 0 Å². The van der Waals surface area contributed by atoms with Crippen molar-refractivity contribution in [1.29, 1.82) is 0 Å². The maximum Gasteiger partial charge on any atom is -0.0533 e. The van der Waals surface area contributed by atoms with E-state index in [1.807, 2.05) is 0 Å². The van der Waals surface area contributed by atoms with Crippen LogP contribution in [0.4, 0.5) is 0 Å². The Morgan fingerprint density at radius 1 is 0.750 bits per heavy atom. The van der Waals surface area contributed by atoms with Gasteiger partial charge in [-0.3, -0.25) is 0 Å². The van der Waals surface area contributed by atoms with Crippen LogP contribution in [-0.4, -0.2) is 0 Å². The minimum absolute atomic E-state index is 0. The Morgan fingerprint density at radius 2 is 1.00 bits per heavy atom. The van der Waals surface area contributed by atoms with Gasteiger partial charge in [-0.25, -0.2) is 0 Å². The third-order valence-corrected chi connectivity index (χ3v) is 0.354. The smallest absolute Gasteiger partial charge is 0.0533 e. The van der Waals surface area contributed by atoms with Crippen LogP contribution in [0.25, 0.3) is 0 Å². The van der Waals surface area contributed by atoms with Crippen LogP contribution in [0.5, 0.6) is 0 Å². The summed E-state index contributed by atoms with van der Waals surface area (Å²) in [6.45, 7) is 0. The van der Waals surface area contributed by atoms with E-state index in [-0.39, 0.29) is 12.4 Å². The van der Waals surface area contributed by atoms with Crippen molar-refractivity contribution in [3.05, 3.63) is 0 Å². The Kier molecular flexibility index (Phi) is 1.71. The van der Waals surface area contributed by atoms with Gasteiger partial charge in [-0.15, -0.1) is 12.4 Å². The molecule has 0 aromatic heterocycles. The first-order valence-corrected chi connectivity index (χ1v) is 1.50. The standard InChI is InChI=1S/C3H6.ClH/c1-2-3-1;/h1-3H2;1H. The summed E-state index contributed by atoms with van der Waals surface area (Å²) in [7, 11) is 0. The number of rotatable bonds is 0. The van der Waals surface area contributed by atoms with E-state index in [2.05, 4.69) is 0 Å². The van der Waals surface area contributed by atoms with Gasteiger partial charge in [-0.2, -0.15) is 0 Å². The molecule has 0 spiro atoms. The van der Waals surface area contributed by atoms with E-state index in [1.165, 1.54) is 19.3 Å². The monoisotopic (exact) mass is 78.0 g/mol. The molecule has 0 aliphatic heterocycles. The Labute approximate surface area is 32.6 Å². The molecule has 0 bridgehead atoms. The van der Waals surface area contributed by atoms with Crippen molar-refractivity contribution in [3.8, 4) is 0 Å². The molecule has 0 radical (unpaired) electrons. The maximum atomic E-state index is 1.50. The summed E-state index contributed by atoms with van der Waals surface area (Å²) < 4.78 is 0. The summed E-state index contributed by atoms with van der Waals surface area (Å²) in [5, 5.41) is 0. The Bertz CT molecular complexity index is 8.00. The van der Waals surface area contributed by atoms with Crippen LogP contribution >= 0.6 is 12.4 Å². The molecule has 1 saturated carbocycles. The molecule has 1 fully saturated rings. The highest BCUT2D eigenvalue weighted by atomic mass is 35.5. The lowest BCUT2D eigenvalue weighted by molar-refractivity contribution is 1.50. The number of hydrogen-bond acceptors (Lipinski definition) is 0. The quantitative estimate of drug-likeness (QED) is 0.413. The minimum atomic E-state index is 0. The zero-order chi connectivity index (χ0) is 2.12. The van der Waals surface area contributed by atoms with Gasteiger partial charge in [0.1, 0.15) is 0 Å². The van der Waals surface area contributed by atoms with E-state index in [9.17, 15) is 0 Å². The summed E-state index contributed by atoms with van der Waals surface area (Å²) in [5.74, 6) is 0. The van der Waals surface area contributed by atoms with Crippen molar-refractivity contribution in [2.75, 3.05) is 0 Å². The van der Waals surface area contributed by atoms with Crippen LogP contribution in [0.15, 0.2) is 0 Å². The predicted molar refractivity (Wildman–Crippen MR) is 21.1 cm³/mol. The normalized spacial score (nSPS) is 18.0. The number of hydrogen-bond donors (Lipinski definition) is 0. The largest absolute Gasteiger partial charge is 0.147 e. The molecule has 0 aromatic rings. The van der Waals surface area contributed by atoms with Crippen LogP contribution in [0.2, 0.25) is 0 Å². The lowest BCUT2D eigenvalue weighted by Crippen LogP contribution is -0.856. The molecule has 0 nitrogen and oxygen atoms in total. The molecule has 0 saturated heterocycles. The second-order valence-electron chi connectivity index (χ2n) is 1.06. The van der Waals surface area contributed by atoms with Crippen molar-refractivity contribution < 1.29 is 0 Å². The van der Waals surface area contributed by atoms with E-state index in [4.69, 9.17) is 0 Å². The lowest BCUT2D eigenvalue weighted by atomic mass is 11.0. The van der Waals surface area contributed by atoms with Gasteiger partial charge in [0.15, 0.2) is 0 Å². The van der Waals surface area contributed by atoms with E-state index in [1.54, 1.807) is 0 Å². The molecule has 0 aromatic carbocycles. The topological polar surface area (TPSA) is 0 Å². The van der Waals surface area contributed by atoms with Gasteiger partial charge in [0.05, 0.1) is 0 Å². The first kappa shape index (κ1) is 4.29.